The predicted octanol–water partition coefficient (Wildman–Crippen LogP) is 0.828. The van der Waals surface area contributed by atoms with Gasteiger partial charge in [-0.3, -0.25) is 0 Å². The van der Waals surface area contributed by atoms with E-state index in [9.17, 15) is 13.5 Å². The second kappa shape index (κ2) is 6.88. The highest BCUT2D eigenvalue weighted by molar-refractivity contribution is 7.91. The predicted molar refractivity (Wildman–Crippen MR) is 74.2 cm³/mol. The van der Waals surface area contributed by atoms with E-state index in [0.29, 0.717) is 5.75 Å². The van der Waals surface area contributed by atoms with Gasteiger partial charge >= 0.3 is 0 Å². The second-order valence-electron chi connectivity index (χ2n) is 4.65. The third-order valence-electron chi connectivity index (χ3n) is 2.58. The number of ether oxygens (including phenoxy) is 1. The molecule has 0 spiro atoms. The topological polar surface area (TPSA) is 75.6 Å². The molecule has 2 N–H and O–H groups in total. The lowest BCUT2D eigenvalue weighted by Gasteiger charge is -2.15. The molecule has 1 atom stereocenters. The molecule has 0 aliphatic heterocycles. The summed E-state index contributed by atoms with van der Waals surface area (Å²) in [5.74, 6) is -0.0286. The molecule has 1 aromatic carbocycles. The number of rotatable bonds is 7. The van der Waals surface area contributed by atoms with Crippen molar-refractivity contribution in [3.05, 3.63) is 24.3 Å². The average molecular weight is 287 g/mol. The Bertz CT molecular complexity index is 499. The first kappa shape index (κ1) is 15.9. The maximum atomic E-state index is 12.2. The number of sulfone groups is 1. The quantitative estimate of drug-likeness (QED) is 0.777. The summed E-state index contributed by atoms with van der Waals surface area (Å²) >= 11 is 0. The van der Waals surface area contributed by atoms with Gasteiger partial charge in [0.25, 0.3) is 0 Å². The van der Waals surface area contributed by atoms with Gasteiger partial charge < -0.3 is 15.2 Å². The molecule has 0 aromatic heterocycles. The standard InChI is InChI=1S/C13H21NO4S/c1-10(2)14-8-11(15)9-19(16,17)13-7-5-4-6-12(13)18-3/h4-7,10-11,14-15H,8-9H2,1-3H3. The molecule has 1 aromatic rings. The fourth-order valence-electron chi connectivity index (χ4n) is 1.65. The Labute approximate surface area is 114 Å². The van der Waals surface area contributed by atoms with E-state index in [-0.39, 0.29) is 23.2 Å². The zero-order chi connectivity index (χ0) is 14.5. The highest BCUT2D eigenvalue weighted by Crippen LogP contribution is 2.24. The number of aliphatic hydroxyl groups excluding tert-OH is 1. The second-order valence-corrected chi connectivity index (χ2v) is 6.65. The molecule has 1 unspecified atom stereocenters. The molecule has 108 valence electrons. The number of aliphatic hydroxyl groups is 1. The summed E-state index contributed by atoms with van der Waals surface area (Å²) in [6.07, 6.45) is -0.947. The summed E-state index contributed by atoms with van der Waals surface area (Å²) in [5.41, 5.74) is 0. The summed E-state index contributed by atoms with van der Waals surface area (Å²) in [4.78, 5) is 0.112. The van der Waals surface area contributed by atoms with Gasteiger partial charge in [-0.2, -0.15) is 0 Å². The Morgan fingerprint density at radius 2 is 1.95 bits per heavy atom. The van der Waals surface area contributed by atoms with Crippen molar-refractivity contribution < 1.29 is 18.3 Å². The number of hydrogen-bond donors (Lipinski definition) is 2. The van der Waals surface area contributed by atoms with Crippen LogP contribution in [-0.4, -0.2) is 45.1 Å². The maximum absolute atomic E-state index is 12.2. The van der Waals surface area contributed by atoms with Crippen LogP contribution in [0.25, 0.3) is 0 Å². The van der Waals surface area contributed by atoms with E-state index in [2.05, 4.69) is 5.32 Å². The van der Waals surface area contributed by atoms with Crippen molar-refractivity contribution in [2.24, 2.45) is 0 Å². The van der Waals surface area contributed by atoms with E-state index in [1.165, 1.54) is 13.2 Å². The van der Waals surface area contributed by atoms with Crippen LogP contribution in [-0.2, 0) is 9.84 Å². The molecule has 0 aliphatic rings. The molecule has 0 saturated heterocycles. The number of para-hydroxylation sites is 1. The minimum absolute atomic E-state index is 0.112. The first-order chi connectivity index (χ1) is 8.86. The highest BCUT2D eigenvalue weighted by atomic mass is 32.2. The van der Waals surface area contributed by atoms with E-state index in [0.717, 1.165) is 0 Å². The molecule has 0 bridgehead atoms. The Morgan fingerprint density at radius 1 is 1.32 bits per heavy atom. The Balaban J connectivity index is 2.81. The van der Waals surface area contributed by atoms with Crippen LogP contribution in [0, 0.1) is 0 Å². The fraction of sp³-hybridized carbons (Fsp3) is 0.538. The van der Waals surface area contributed by atoms with Crippen molar-refractivity contribution in [2.45, 2.75) is 30.9 Å². The zero-order valence-electron chi connectivity index (χ0n) is 11.5. The van der Waals surface area contributed by atoms with Gasteiger partial charge in [-0.25, -0.2) is 8.42 Å². The summed E-state index contributed by atoms with van der Waals surface area (Å²) in [5, 5.41) is 12.8. The summed E-state index contributed by atoms with van der Waals surface area (Å²) in [6, 6.07) is 6.61. The molecule has 0 heterocycles. The smallest absolute Gasteiger partial charge is 0.184 e. The van der Waals surface area contributed by atoms with Crippen molar-refractivity contribution in [3.8, 4) is 5.75 Å². The molecule has 0 amide bonds. The molecule has 0 aliphatic carbocycles. The molecule has 0 saturated carbocycles. The largest absolute Gasteiger partial charge is 0.495 e. The van der Waals surface area contributed by atoms with Crippen LogP contribution in [0.5, 0.6) is 5.75 Å². The summed E-state index contributed by atoms with van der Waals surface area (Å²) in [6.45, 7) is 4.11. The van der Waals surface area contributed by atoms with Crippen LogP contribution in [0.2, 0.25) is 0 Å². The molecule has 0 fully saturated rings. The number of nitrogens with one attached hydrogen (secondary N) is 1. The third kappa shape index (κ3) is 4.81. The van der Waals surface area contributed by atoms with Gasteiger partial charge in [0.15, 0.2) is 9.84 Å². The molecule has 1 rings (SSSR count). The van der Waals surface area contributed by atoms with Crippen molar-refractivity contribution in [2.75, 3.05) is 19.4 Å². The highest BCUT2D eigenvalue weighted by Gasteiger charge is 2.23. The van der Waals surface area contributed by atoms with E-state index < -0.39 is 15.9 Å². The monoisotopic (exact) mass is 287 g/mol. The normalized spacial score (nSPS) is 13.5. The molecule has 0 radical (unpaired) electrons. The first-order valence-corrected chi connectivity index (χ1v) is 7.79. The summed E-state index contributed by atoms with van der Waals surface area (Å²) in [7, 11) is -2.14. The minimum atomic E-state index is -3.57. The van der Waals surface area contributed by atoms with Crippen LogP contribution in [0.3, 0.4) is 0 Å². The Morgan fingerprint density at radius 3 is 2.53 bits per heavy atom. The van der Waals surface area contributed by atoms with E-state index >= 15 is 0 Å². The number of hydrogen-bond acceptors (Lipinski definition) is 5. The first-order valence-electron chi connectivity index (χ1n) is 6.14. The van der Waals surface area contributed by atoms with Crippen LogP contribution in [0.4, 0.5) is 0 Å². The van der Waals surface area contributed by atoms with Gasteiger partial charge in [0, 0.05) is 12.6 Å². The van der Waals surface area contributed by atoms with Gasteiger partial charge in [-0.05, 0) is 12.1 Å². The third-order valence-corrected chi connectivity index (χ3v) is 4.41. The maximum Gasteiger partial charge on any atom is 0.184 e. The van der Waals surface area contributed by atoms with Crippen LogP contribution < -0.4 is 10.1 Å². The lowest BCUT2D eigenvalue weighted by molar-refractivity contribution is 0.190. The molecule has 19 heavy (non-hydrogen) atoms. The van der Waals surface area contributed by atoms with Crippen LogP contribution in [0.1, 0.15) is 13.8 Å². The van der Waals surface area contributed by atoms with E-state index in [1.54, 1.807) is 18.2 Å². The Hall–Kier alpha value is -1.11. The number of benzene rings is 1. The van der Waals surface area contributed by atoms with E-state index in [1.807, 2.05) is 13.8 Å². The van der Waals surface area contributed by atoms with Crippen molar-refractivity contribution >= 4 is 9.84 Å². The van der Waals surface area contributed by atoms with Crippen molar-refractivity contribution in [1.82, 2.24) is 5.32 Å². The van der Waals surface area contributed by atoms with Gasteiger partial charge in [-0.15, -0.1) is 0 Å². The molecule has 6 heteroatoms. The van der Waals surface area contributed by atoms with Gasteiger partial charge in [0.2, 0.25) is 0 Å². The lowest BCUT2D eigenvalue weighted by atomic mass is 10.3. The van der Waals surface area contributed by atoms with Crippen molar-refractivity contribution in [1.29, 1.82) is 0 Å². The van der Waals surface area contributed by atoms with Gasteiger partial charge in [-0.1, -0.05) is 26.0 Å². The van der Waals surface area contributed by atoms with Gasteiger partial charge in [0.05, 0.1) is 19.0 Å². The fourth-order valence-corrected chi connectivity index (χ4v) is 3.20. The van der Waals surface area contributed by atoms with Crippen LogP contribution >= 0.6 is 0 Å². The summed E-state index contributed by atoms with van der Waals surface area (Å²) < 4.78 is 29.4. The molecular formula is C13H21NO4S. The SMILES string of the molecule is COc1ccccc1S(=O)(=O)CC(O)CNC(C)C. The van der Waals surface area contributed by atoms with Crippen molar-refractivity contribution in [3.63, 3.8) is 0 Å². The molecular weight excluding hydrogens is 266 g/mol. The van der Waals surface area contributed by atoms with Crippen LogP contribution in [0.15, 0.2) is 29.2 Å². The van der Waals surface area contributed by atoms with Gasteiger partial charge in [0.1, 0.15) is 10.6 Å². The Kier molecular flexibility index (Phi) is 5.78. The molecule has 5 nitrogen and oxygen atoms in total. The average Bonchev–Trinajstić information content (AvgIpc) is 2.35. The lowest BCUT2D eigenvalue weighted by Crippen LogP contribution is -2.36. The van der Waals surface area contributed by atoms with E-state index in [4.69, 9.17) is 4.74 Å². The zero-order valence-corrected chi connectivity index (χ0v) is 12.3. The minimum Gasteiger partial charge on any atom is -0.495 e. The number of methoxy groups -OCH3 is 1.